The number of rotatable bonds is 3. The molecule has 1 aliphatic rings. The summed E-state index contributed by atoms with van der Waals surface area (Å²) in [6.07, 6.45) is -1.44. The number of nitrogens with zero attached hydrogens (tertiary/aromatic N) is 1. The van der Waals surface area contributed by atoms with Crippen LogP contribution in [0.4, 0.5) is 0 Å². The summed E-state index contributed by atoms with van der Waals surface area (Å²) in [6.45, 7) is 3.08. The largest absolute Gasteiger partial charge is 0.456 e. The molecule has 5 N–H and O–H groups in total. The molecule has 2 unspecified atom stereocenters. The first-order valence-corrected chi connectivity index (χ1v) is 5.70. The minimum Gasteiger partial charge on any atom is -0.456 e. The number of hydrazine groups is 1. The third kappa shape index (κ3) is 2.54. The van der Waals surface area contributed by atoms with Gasteiger partial charge in [-0.2, -0.15) is 0 Å². The molecule has 1 amide bonds. The molecule has 18 heavy (non-hydrogen) atoms. The fourth-order valence-electron chi connectivity index (χ4n) is 2.08. The number of carbonyl (C=O) groups excluding carboxylic acids is 1. The Hall–Kier alpha value is -1.41. The summed E-state index contributed by atoms with van der Waals surface area (Å²) < 4.78 is 5.29. The van der Waals surface area contributed by atoms with Crippen LogP contribution in [-0.2, 0) is 6.54 Å². The van der Waals surface area contributed by atoms with Gasteiger partial charge in [0, 0.05) is 25.2 Å². The summed E-state index contributed by atoms with van der Waals surface area (Å²) in [5.74, 6) is 5.33. The number of hydrogen-bond donors (Lipinski definition) is 4. The highest BCUT2D eigenvalue weighted by Gasteiger charge is 2.30. The monoisotopic (exact) mass is 255 g/mol. The Morgan fingerprint density at radius 3 is 2.72 bits per heavy atom. The summed E-state index contributed by atoms with van der Waals surface area (Å²) in [6, 6.07) is 1.62. The molecule has 1 aliphatic heterocycles. The lowest BCUT2D eigenvalue weighted by Gasteiger charge is -2.13. The lowest BCUT2D eigenvalue weighted by molar-refractivity contribution is 0.0572. The number of aliphatic hydroxyl groups excluding tert-OH is 2. The van der Waals surface area contributed by atoms with Crippen LogP contribution in [0.1, 0.15) is 21.9 Å². The third-order valence-electron chi connectivity index (χ3n) is 3.10. The standard InChI is InChI=1S/C11H17N3O4/c1-6-7(2-10(18-6)11(17)13-12)3-14-4-8(15)9(16)5-14/h2,8-9,15-16H,3-5,12H2,1H3,(H,13,17). The van der Waals surface area contributed by atoms with Crippen LogP contribution in [0.25, 0.3) is 0 Å². The Morgan fingerprint density at radius 2 is 2.17 bits per heavy atom. The molecule has 0 saturated carbocycles. The van der Waals surface area contributed by atoms with Crippen molar-refractivity contribution in [2.45, 2.75) is 25.7 Å². The molecule has 1 aromatic heterocycles. The number of likely N-dealkylation sites (tertiary alicyclic amines) is 1. The number of nitrogen functional groups attached to an aromatic ring is 1. The van der Waals surface area contributed by atoms with E-state index in [2.05, 4.69) is 0 Å². The fourth-order valence-corrected chi connectivity index (χ4v) is 2.08. The molecule has 0 aromatic carbocycles. The van der Waals surface area contributed by atoms with Crippen LogP contribution >= 0.6 is 0 Å². The van der Waals surface area contributed by atoms with Crippen LogP contribution in [-0.4, -0.2) is 46.3 Å². The maximum Gasteiger partial charge on any atom is 0.300 e. The number of nitrogens with one attached hydrogen (secondary N) is 1. The summed E-state index contributed by atoms with van der Waals surface area (Å²) in [5.41, 5.74) is 2.85. The van der Waals surface area contributed by atoms with Crippen LogP contribution in [0.2, 0.25) is 0 Å². The summed E-state index contributed by atoms with van der Waals surface area (Å²) in [7, 11) is 0. The van der Waals surface area contributed by atoms with Gasteiger partial charge in [-0.25, -0.2) is 5.84 Å². The fraction of sp³-hybridized carbons (Fsp3) is 0.545. The third-order valence-corrected chi connectivity index (χ3v) is 3.10. The average molecular weight is 255 g/mol. The van der Waals surface area contributed by atoms with E-state index in [1.807, 2.05) is 10.3 Å². The van der Waals surface area contributed by atoms with E-state index in [1.165, 1.54) is 0 Å². The number of aliphatic hydroxyl groups is 2. The maximum atomic E-state index is 11.3. The molecule has 2 atom stereocenters. The quantitative estimate of drug-likeness (QED) is 0.304. The molecule has 2 heterocycles. The van der Waals surface area contributed by atoms with Crippen molar-refractivity contribution >= 4 is 5.91 Å². The highest BCUT2D eigenvalue weighted by molar-refractivity contribution is 5.91. The molecule has 0 bridgehead atoms. The lowest BCUT2D eigenvalue weighted by atomic mass is 10.2. The molecular weight excluding hydrogens is 238 g/mol. The Balaban J connectivity index is 2.06. The molecule has 2 rings (SSSR count). The molecule has 7 nitrogen and oxygen atoms in total. The van der Waals surface area contributed by atoms with E-state index in [4.69, 9.17) is 10.3 Å². The predicted octanol–water partition coefficient (Wildman–Crippen LogP) is -1.27. The summed E-state index contributed by atoms with van der Waals surface area (Å²) in [4.78, 5) is 13.2. The van der Waals surface area contributed by atoms with E-state index in [-0.39, 0.29) is 5.76 Å². The zero-order chi connectivity index (χ0) is 13.3. The maximum absolute atomic E-state index is 11.3. The molecule has 7 heteroatoms. The SMILES string of the molecule is Cc1oc(C(=O)NN)cc1CN1CC(O)C(O)C1. The van der Waals surface area contributed by atoms with Gasteiger partial charge in [-0.3, -0.25) is 15.1 Å². The summed E-state index contributed by atoms with van der Waals surface area (Å²) in [5, 5.41) is 18.9. The number of carbonyl (C=O) groups is 1. The summed E-state index contributed by atoms with van der Waals surface area (Å²) >= 11 is 0. The first-order valence-electron chi connectivity index (χ1n) is 5.70. The number of amides is 1. The molecule has 0 spiro atoms. The van der Waals surface area contributed by atoms with Crippen LogP contribution < -0.4 is 11.3 Å². The van der Waals surface area contributed by atoms with Crippen LogP contribution in [0.5, 0.6) is 0 Å². The van der Waals surface area contributed by atoms with Gasteiger partial charge >= 0.3 is 5.91 Å². The number of hydrogen-bond acceptors (Lipinski definition) is 6. The van der Waals surface area contributed by atoms with Crippen LogP contribution in [0.3, 0.4) is 0 Å². The van der Waals surface area contributed by atoms with Crippen LogP contribution in [0.15, 0.2) is 10.5 Å². The molecule has 1 aromatic rings. The zero-order valence-corrected chi connectivity index (χ0v) is 10.1. The Kier molecular flexibility index (Phi) is 3.67. The van der Waals surface area contributed by atoms with E-state index < -0.39 is 18.1 Å². The van der Waals surface area contributed by atoms with E-state index in [0.717, 1.165) is 5.56 Å². The van der Waals surface area contributed by atoms with Gasteiger partial charge in [-0.15, -0.1) is 0 Å². The van der Waals surface area contributed by atoms with Crippen molar-refractivity contribution in [1.82, 2.24) is 10.3 Å². The van der Waals surface area contributed by atoms with Gasteiger partial charge in [-0.05, 0) is 13.0 Å². The normalized spacial score (nSPS) is 24.4. The van der Waals surface area contributed by atoms with Gasteiger partial charge in [-0.1, -0.05) is 0 Å². The van der Waals surface area contributed by atoms with E-state index in [1.54, 1.807) is 13.0 Å². The first kappa shape index (κ1) is 13.0. The minimum atomic E-state index is -0.719. The molecule has 0 aliphatic carbocycles. The van der Waals surface area contributed by atoms with Crippen LogP contribution in [0, 0.1) is 6.92 Å². The second-order valence-electron chi connectivity index (χ2n) is 4.49. The van der Waals surface area contributed by atoms with Gasteiger partial charge < -0.3 is 14.6 Å². The number of furan rings is 1. The average Bonchev–Trinajstić information content (AvgIpc) is 2.83. The highest BCUT2D eigenvalue weighted by Crippen LogP contribution is 2.19. The van der Waals surface area contributed by atoms with Crippen molar-refractivity contribution in [3.63, 3.8) is 0 Å². The molecule has 100 valence electrons. The van der Waals surface area contributed by atoms with Crippen molar-refractivity contribution in [3.8, 4) is 0 Å². The Bertz CT molecular complexity index is 435. The van der Waals surface area contributed by atoms with E-state index in [9.17, 15) is 15.0 Å². The minimum absolute atomic E-state index is 0.158. The second kappa shape index (κ2) is 5.07. The Labute approximate surface area is 104 Å². The first-order chi connectivity index (χ1) is 8.51. The van der Waals surface area contributed by atoms with Crippen molar-refractivity contribution < 1.29 is 19.4 Å². The number of β-amino-alcohol motifs (C(OH)–C–C–N with tert-alkyl or cyclic N) is 2. The smallest absolute Gasteiger partial charge is 0.300 e. The van der Waals surface area contributed by atoms with E-state index >= 15 is 0 Å². The van der Waals surface area contributed by atoms with Gasteiger partial charge in [0.05, 0.1) is 12.2 Å². The number of nitrogens with two attached hydrogens (primary N) is 1. The predicted molar refractivity (Wildman–Crippen MR) is 62.4 cm³/mol. The zero-order valence-electron chi connectivity index (χ0n) is 10.1. The lowest BCUT2D eigenvalue weighted by Crippen LogP contribution is -2.29. The molecular formula is C11H17N3O4. The van der Waals surface area contributed by atoms with E-state index in [0.29, 0.717) is 25.4 Å². The van der Waals surface area contributed by atoms with Crippen molar-refractivity contribution in [2.24, 2.45) is 5.84 Å². The second-order valence-corrected chi connectivity index (χ2v) is 4.49. The van der Waals surface area contributed by atoms with Gasteiger partial charge in [0.25, 0.3) is 0 Å². The van der Waals surface area contributed by atoms with Crippen molar-refractivity contribution in [2.75, 3.05) is 13.1 Å². The van der Waals surface area contributed by atoms with Gasteiger partial charge in [0.2, 0.25) is 0 Å². The van der Waals surface area contributed by atoms with Gasteiger partial charge in [0.1, 0.15) is 5.76 Å². The van der Waals surface area contributed by atoms with Gasteiger partial charge in [0.15, 0.2) is 5.76 Å². The molecule has 1 fully saturated rings. The van der Waals surface area contributed by atoms with Crippen molar-refractivity contribution in [3.05, 3.63) is 23.2 Å². The highest BCUT2D eigenvalue weighted by atomic mass is 16.4. The topological polar surface area (TPSA) is 112 Å². The molecule has 1 saturated heterocycles. The van der Waals surface area contributed by atoms with Crippen molar-refractivity contribution in [1.29, 1.82) is 0 Å². The number of aryl methyl sites for hydroxylation is 1. The molecule has 0 radical (unpaired) electrons. The Morgan fingerprint density at radius 1 is 1.56 bits per heavy atom.